The second kappa shape index (κ2) is 9.30. The molecule has 2 aliphatic heterocycles. The van der Waals surface area contributed by atoms with Gasteiger partial charge in [0, 0.05) is 23.4 Å². The van der Waals surface area contributed by atoms with Crippen LogP contribution >= 0.6 is 0 Å². The van der Waals surface area contributed by atoms with Crippen LogP contribution in [-0.2, 0) is 9.59 Å². The zero-order valence-electron chi connectivity index (χ0n) is 20.2. The molecule has 0 aliphatic carbocycles. The van der Waals surface area contributed by atoms with Gasteiger partial charge in [0.2, 0.25) is 0 Å². The molecule has 2 heterocycles. The van der Waals surface area contributed by atoms with E-state index in [4.69, 9.17) is 4.74 Å². The quantitative estimate of drug-likeness (QED) is 0.557. The third-order valence-electron chi connectivity index (χ3n) is 6.66. The summed E-state index contributed by atoms with van der Waals surface area (Å²) in [6.07, 6.45) is 0. The lowest BCUT2D eigenvalue weighted by Gasteiger charge is -2.29. The molecule has 182 valence electrons. The molecule has 2 aliphatic rings. The molecule has 8 nitrogen and oxygen atoms in total. The number of rotatable bonds is 6. The van der Waals surface area contributed by atoms with E-state index in [0.29, 0.717) is 34.1 Å². The Bertz CT molecular complexity index is 1290. The van der Waals surface area contributed by atoms with E-state index in [1.807, 2.05) is 60.7 Å². The molecule has 3 aromatic carbocycles. The summed E-state index contributed by atoms with van der Waals surface area (Å²) >= 11 is 0. The largest absolute Gasteiger partial charge is 0.508 e. The van der Waals surface area contributed by atoms with Crippen molar-refractivity contribution in [1.29, 1.82) is 0 Å². The van der Waals surface area contributed by atoms with Crippen LogP contribution in [0.1, 0.15) is 25.3 Å². The van der Waals surface area contributed by atoms with Crippen molar-refractivity contribution < 1.29 is 19.4 Å². The molecule has 3 aromatic rings. The molecule has 0 saturated carbocycles. The van der Waals surface area contributed by atoms with Crippen LogP contribution in [0, 0.1) is 11.8 Å². The van der Waals surface area contributed by atoms with Gasteiger partial charge in [-0.15, -0.1) is 0 Å². The molecular weight excluding hydrogens is 456 g/mol. The van der Waals surface area contributed by atoms with E-state index < -0.39 is 17.8 Å². The van der Waals surface area contributed by atoms with Crippen LogP contribution in [0.4, 0.5) is 11.4 Å². The Morgan fingerprint density at radius 1 is 0.778 bits per heavy atom. The molecule has 36 heavy (non-hydrogen) atoms. The Labute approximate surface area is 209 Å². The van der Waals surface area contributed by atoms with Crippen LogP contribution in [0.5, 0.6) is 11.5 Å². The lowest BCUT2D eigenvalue weighted by atomic mass is 9.72. The van der Waals surface area contributed by atoms with Gasteiger partial charge in [0.25, 0.3) is 11.8 Å². The molecule has 0 saturated heterocycles. The van der Waals surface area contributed by atoms with Crippen LogP contribution in [0.3, 0.4) is 0 Å². The van der Waals surface area contributed by atoms with Crippen molar-refractivity contribution in [3.8, 4) is 11.5 Å². The second-order valence-electron chi connectivity index (χ2n) is 8.86. The van der Waals surface area contributed by atoms with Gasteiger partial charge in [-0.05, 0) is 49.7 Å². The minimum absolute atomic E-state index is 0.0254. The summed E-state index contributed by atoms with van der Waals surface area (Å²) in [5, 5.41) is 22.0. The highest BCUT2D eigenvalue weighted by atomic mass is 16.5. The number of phenolic OH excluding ortho intramolecular Hbond substituents is 1. The van der Waals surface area contributed by atoms with Gasteiger partial charge in [-0.2, -0.15) is 10.2 Å². The Morgan fingerprint density at radius 3 is 1.69 bits per heavy atom. The standard InChI is InChI=1S/C28H26N4O4/c1-17-24(27(34)31(29-17)19-10-6-4-7-11-19)26(22-15-14-21(33)16-23(22)36-3)25-18(2)30-32(28(25)35)20-12-8-5-9-13-20/h4-16,24-26,33H,1-3H3/t24-,25-/m0/s1. The van der Waals surface area contributed by atoms with Crippen molar-refractivity contribution in [1.82, 2.24) is 0 Å². The first kappa shape index (κ1) is 23.3. The van der Waals surface area contributed by atoms with Gasteiger partial charge in [0.05, 0.1) is 30.3 Å². The van der Waals surface area contributed by atoms with E-state index in [0.717, 1.165) is 0 Å². The lowest BCUT2D eigenvalue weighted by molar-refractivity contribution is -0.122. The predicted molar refractivity (Wildman–Crippen MR) is 138 cm³/mol. The maximum absolute atomic E-state index is 13.9. The van der Waals surface area contributed by atoms with E-state index in [1.165, 1.54) is 29.3 Å². The summed E-state index contributed by atoms with van der Waals surface area (Å²) in [5.74, 6) is -2.20. The number of aromatic hydroxyl groups is 1. The molecule has 0 unspecified atom stereocenters. The maximum Gasteiger partial charge on any atom is 0.256 e. The van der Waals surface area contributed by atoms with Gasteiger partial charge in [0.1, 0.15) is 11.5 Å². The first-order valence-electron chi connectivity index (χ1n) is 11.7. The van der Waals surface area contributed by atoms with Crippen LogP contribution in [0.2, 0.25) is 0 Å². The Balaban J connectivity index is 1.62. The molecule has 2 atom stereocenters. The number of amides is 2. The van der Waals surface area contributed by atoms with Gasteiger partial charge in [0.15, 0.2) is 0 Å². The number of nitrogens with zero attached hydrogens (tertiary/aromatic N) is 4. The Hall–Kier alpha value is -4.46. The van der Waals surface area contributed by atoms with Crippen molar-refractivity contribution in [2.45, 2.75) is 19.8 Å². The van der Waals surface area contributed by atoms with Crippen molar-refractivity contribution in [3.05, 3.63) is 84.4 Å². The van der Waals surface area contributed by atoms with Gasteiger partial charge in [-0.25, -0.2) is 10.0 Å². The average Bonchev–Trinajstić information content (AvgIpc) is 3.36. The molecule has 0 fully saturated rings. The van der Waals surface area contributed by atoms with Gasteiger partial charge >= 0.3 is 0 Å². The number of benzene rings is 3. The number of anilines is 2. The van der Waals surface area contributed by atoms with E-state index in [-0.39, 0.29) is 17.6 Å². The number of hydrogen-bond donors (Lipinski definition) is 1. The van der Waals surface area contributed by atoms with Gasteiger partial charge in [-0.3, -0.25) is 9.59 Å². The Kier molecular flexibility index (Phi) is 6.01. The smallest absolute Gasteiger partial charge is 0.256 e. The molecule has 1 N–H and O–H groups in total. The molecule has 8 heteroatoms. The van der Waals surface area contributed by atoms with Crippen molar-refractivity contribution in [2.75, 3.05) is 17.1 Å². The van der Waals surface area contributed by atoms with E-state index in [9.17, 15) is 14.7 Å². The summed E-state index contributed by atoms with van der Waals surface area (Å²) in [6, 6.07) is 23.1. The van der Waals surface area contributed by atoms with E-state index >= 15 is 0 Å². The lowest BCUT2D eigenvalue weighted by Crippen LogP contribution is -2.40. The summed E-state index contributed by atoms with van der Waals surface area (Å²) in [7, 11) is 1.50. The molecule has 0 radical (unpaired) electrons. The Morgan fingerprint density at radius 2 is 1.25 bits per heavy atom. The van der Waals surface area contributed by atoms with Crippen LogP contribution < -0.4 is 14.8 Å². The van der Waals surface area contributed by atoms with Crippen LogP contribution in [0.15, 0.2) is 89.1 Å². The number of carbonyl (C=O) groups is 2. The normalized spacial score (nSPS) is 19.7. The minimum Gasteiger partial charge on any atom is -0.508 e. The number of para-hydroxylation sites is 2. The number of carbonyl (C=O) groups excluding carboxylic acids is 2. The third kappa shape index (κ3) is 3.90. The number of hydrogen-bond acceptors (Lipinski definition) is 6. The predicted octanol–water partition coefficient (Wildman–Crippen LogP) is 4.56. The third-order valence-corrected chi connectivity index (χ3v) is 6.66. The summed E-state index contributed by atoms with van der Waals surface area (Å²) in [5.41, 5.74) is 3.09. The fourth-order valence-electron chi connectivity index (χ4n) is 5.02. The molecule has 5 rings (SSSR count). The summed E-state index contributed by atoms with van der Waals surface area (Å²) in [6.45, 7) is 3.60. The second-order valence-corrected chi connectivity index (χ2v) is 8.86. The number of phenols is 1. The highest BCUT2D eigenvalue weighted by Crippen LogP contribution is 2.45. The molecule has 2 amide bonds. The fraction of sp³-hybridized carbons (Fsp3) is 0.214. The highest BCUT2D eigenvalue weighted by molar-refractivity contribution is 6.19. The first-order valence-corrected chi connectivity index (χ1v) is 11.7. The molecular formula is C28H26N4O4. The first-order chi connectivity index (χ1) is 17.4. The fourth-order valence-corrected chi connectivity index (χ4v) is 5.02. The van der Waals surface area contributed by atoms with Gasteiger partial charge in [-0.1, -0.05) is 42.5 Å². The van der Waals surface area contributed by atoms with Crippen molar-refractivity contribution in [2.24, 2.45) is 22.0 Å². The monoisotopic (exact) mass is 482 g/mol. The molecule has 0 aromatic heterocycles. The number of ether oxygens (including phenoxy) is 1. The SMILES string of the molecule is COc1cc(O)ccc1C([C@H]1C(=O)N(c2ccccc2)N=C1C)[C@H]1C(=O)N(c2ccccc2)N=C1C. The number of methoxy groups -OCH3 is 1. The van der Waals surface area contributed by atoms with E-state index in [2.05, 4.69) is 10.2 Å². The zero-order chi connectivity index (χ0) is 25.4. The summed E-state index contributed by atoms with van der Waals surface area (Å²) in [4.78, 5) is 27.8. The van der Waals surface area contributed by atoms with Crippen molar-refractivity contribution >= 4 is 34.6 Å². The molecule has 0 spiro atoms. The van der Waals surface area contributed by atoms with Gasteiger partial charge < -0.3 is 9.84 Å². The van der Waals surface area contributed by atoms with Crippen LogP contribution in [0.25, 0.3) is 0 Å². The summed E-state index contributed by atoms with van der Waals surface area (Å²) < 4.78 is 5.60. The number of hydrazone groups is 2. The maximum atomic E-state index is 13.9. The highest BCUT2D eigenvalue weighted by Gasteiger charge is 2.50. The molecule has 0 bridgehead atoms. The van der Waals surface area contributed by atoms with Crippen LogP contribution in [-0.4, -0.2) is 35.5 Å². The average molecular weight is 483 g/mol. The van der Waals surface area contributed by atoms with Crippen molar-refractivity contribution in [3.63, 3.8) is 0 Å². The minimum atomic E-state index is -0.738. The topological polar surface area (TPSA) is 94.8 Å². The van der Waals surface area contributed by atoms with E-state index in [1.54, 1.807) is 19.9 Å². The zero-order valence-corrected chi connectivity index (χ0v) is 20.2.